The third-order valence-corrected chi connectivity index (χ3v) is 3.35. The molecule has 0 saturated carbocycles. The third kappa shape index (κ3) is 2.93. The Morgan fingerprint density at radius 2 is 2.05 bits per heavy atom. The number of aryl methyl sites for hydroxylation is 1. The SMILES string of the molecule is CCOC(=O)c1nc(Nc2c(F)cccc2F)sc1C. The second-order valence-corrected chi connectivity index (χ2v) is 5.07. The Balaban J connectivity index is 2.27. The standard InChI is InChI=1S/C13H12F2N2O2S/c1-3-19-12(18)10-7(2)20-13(16-10)17-11-8(14)5-4-6-9(11)15/h4-6H,3H2,1-2H3,(H,16,17). The van der Waals surface area contributed by atoms with Gasteiger partial charge in [0.15, 0.2) is 10.8 Å². The van der Waals surface area contributed by atoms with Gasteiger partial charge in [0.2, 0.25) is 0 Å². The Bertz CT molecular complexity index is 623. The van der Waals surface area contributed by atoms with Crippen molar-refractivity contribution in [1.82, 2.24) is 4.98 Å². The van der Waals surface area contributed by atoms with Crippen molar-refractivity contribution in [2.45, 2.75) is 13.8 Å². The number of carbonyl (C=O) groups is 1. The Morgan fingerprint density at radius 1 is 1.40 bits per heavy atom. The fourth-order valence-corrected chi connectivity index (χ4v) is 2.37. The molecule has 0 spiro atoms. The second kappa shape index (κ2) is 5.96. The van der Waals surface area contributed by atoms with Gasteiger partial charge in [0, 0.05) is 4.88 Å². The van der Waals surface area contributed by atoms with E-state index in [0.717, 1.165) is 23.5 Å². The van der Waals surface area contributed by atoms with Crippen molar-refractivity contribution in [3.8, 4) is 0 Å². The first kappa shape index (κ1) is 14.4. The van der Waals surface area contributed by atoms with Crippen LogP contribution in [0.25, 0.3) is 0 Å². The number of hydrogen-bond acceptors (Lipinski definition) is 5. The first-order chi connectivity index (χ1) is 9.52. The molecular weight excluding hydrogens is 286 g/mol. The Labute approximate surface area is 118 Å². The van der Waals surface area contributed by atoms with Gasteiger partial charge in [-0.05, 0) is 26.0 Å². The molecule has 0 saturated heterocycles. The van der Waals surface area contributed by atoms with Crippen LogP contribution in [0.1, 0.15) is 22.3 Å². The van der Waals surface area contributed by atoms with Gasteiger partial charge >= 0.3 is 5.97 Å². The Hall–Kier alpha value is -2.02. The molecule has 7 heteroatoms. The molecule has 0 bridgehead atoms. The summed E-state index contributed by atoms with van der Waals surface area (Å²) in [7, 11) is 0. The number of nitrogens with zero attached hydrogens (tertiary/aromatic N) is 1. The number of carbonyl (C=O) groups excluding carboxylic acids is 1. The van der Waals surface area contributed by atoms with Crippen LogP contribution < -0.4 is 5.32 Å². The minimum Gasteiger partial charge on any atom is -0.461 e. The fourth-order valence-electron chi connectivity index (χ4n) is 1.56. The highest BCUT2D eigenvalue weighted by atomic mass is 32.1. The normalized spacial score (nSPS) is 10.4. The zero-order valence-corrected chi connectivity index (χ0v) is 11.7. The van der Waals surface area contributed by atoms with Gasteiger partial charge in [0.25, 0.3) is 0 Å². The molecule has 1 heterocycles. The molecule has 20 heavy (non-hydrogen) atoms. The van der Waals surface area contributed by atoms with Crippen LogP contribution in [0.4, 0.5) is 19.6 Å². The number of anilines is 2. The van der Waals surface area contributed by atoms with Crippen LogP contribution in [0.2, 0.25) is 0 Å². The monoisotopic (exact) mass is 298 g/mol. The smallest absolute Gasteiger partial charge is 0.358 e. The van der Waals surface area contributed by atoms with Crippen molar-refractivity contribution >= 4 is 28.1 Å². The summed E-state index contributed by atoms with van der Waals surface area (Å²) in [5.74, 6) is -2.01. The molecule has 0 aliphatic carbocycles. The first-order valence-corrected chi connectivity index (χ1v) is 6.70. The lowest BCUT2D eigenvalue weighted by Crippen LogP contribution is -2.06. The number of aromatic nitrogens is 1. The molecule has 0 radical (unpaired) electrons. The predicted octanol–water partition coefficient (Wildman–Crippen LogP) is 3.65. The predicted molar refractivity (Wildman–Crippen MR) is 72.4 cm³/mol. The lowest BCUT2D eigenvalue weighted by Gasteiger charge is -2.04. The van der Waals surface area contributed by atoms with Gasteiger partial charge in [0.05, 0.1) is 6.61 Å². The highest BCUT2D eigenvalue weighted by Gasteiger charge is 2.18. The second-order valence-electron chi connectivity index (χ2n) is 3.87. The zero-order valence-electron chi connectivity index (χ0n) is 10.9. The van der Waals surface area contributed by atoms with Crippen LogP contribution >= 0.6 is 11.3 Å². The largest absolute Gasteiger partial charge is 0.461 e. The minimum absolute atomic E-state index is 0.149. The van der Waals surface area contributed by atoms with Crippen molar-refractivity contribution < 1.29 is 18.3 Å². The topological polar surface area (TPSA) is 51.2 Å². The number of para-hydroxylation sites is 1. The molecule has 1 N–H and O–H groups in total. The molecular formula is C13H12F2N2O2S. The van der Waals surface area contributed by atoms with E-state index in [1.807, 2.05) is 0 Å². The molecule has 106 valence electrons. The number of hydrogen-bond donors (Lipinski definition) is 1. The third-order valence-electron chi connectivity index (χ3n) is 2.46. The van der Waals surface area contributed by atoms with Crippen molar-refractivity contribution in [3.05, 3.63) is 40.4 Å². The van der Waals surface area contributed by atoms with Crippen molar-refractivity contribution in [2.75, 3.05) is 11.9 Å². The molecule has 2 rings (SSSR count). The summed E-state index contributed by atoms with van der Waals surface area (Å²) < 4.78 is 31.9. The summed E-state index contributed by atoms with van der Waals surface area (Å²) in [4.78, 5) is 16.2. The summed E-state index contributed by atoms with van der Waals surface area (Å²) in [6, 6.07) is 3.54. The maximum atomic E-state index is 13.5. The van der Waals surface area contributed by atoms with Crippen molar-refractivity contribution in [3.63, 3.8) is 0 Å². The highest BCUT2D eigenvalue weighted by molar-refractivity contribution is 7.15. The van der Waals surface area contributed by atoms with E-state index in [2.05, 4.69) is 10.3 Å². The Morgan fingerprint density at radius 3 is 2.65 bits per heavy atom. The molecule has 4 nitrogen and oxygen atoms in total. The van der Waals surface area contributed by atoms with Gasteiger partial charge in [-0.1, -0.05) is 6.07 Å². The Kier molecular flexibility index (Phi) is 4.29. The lowest BCUT2D eigenvalue weighted by molar-refractivity contribution is 0.0519. The number of halogens is 2. The zero-order chi connectivity index (χ0) is 14.7. The summed E-state index contributed by atoms with van der Waals surface area (Å²) >= 11 is 1.12. The molecule has 0 amide bonds. The van der Waals surface area contributed by atoms with Crippen LogP contribution in [0, 0.1) is 18.6 Å². The maximum absolute atomic E-state index is 13.5. The van der Waals surface area contributed by atoms with E-state index in [-0.39, 0.29) is 23.1 Å². The maximum Gasteiger partial charge on any atom is 0.358 e. The van der Waals surface area contributed by atoms with Crippen LogP contribution in [0.5, 0.6) is 0 Å². The summed E-state index contributed by atoms with van der Waals surface area (Å²) in [6.45, 7) is 3.61. The van der Waals surface area contributed by atoms with E-state index < -0.39 is 17.6 Å². The fraction of sp³-hybridized carbons (Fsp3) is 0.231. The van der Waals surface area contributed by atoms with Gasteiger partial charge in [-0.3, -0.25) is 0 Å². The van der Waals surface area contributed by atoms with E-state index in [9.17, 15) is 13.6 Å². The first-order valence-electron chi connectivity index (χ1n) is 5.88. The number of nitrogens with one attached hydrogen (secondary N) is 1. The van der Waals surface area contributed by atoms with E-state index >= 15 is 0 Å². The molecule has 0 atom stereocenters. The van der Waals surface area contributed by atoms with Crippen LogP contribution in [-0.4, -0.2) is 17.6 Å². The quantitative estimate of drug-likeness (QED) is 0.875. The molecule has 0 fully saturated rings. The van der Waals surface area contributed by atoms with Gasteiger partial charge in [-0.25, -0.2) is 18.6 Å². The number of benzene rings is 1. The number of rotatable bonds is 4. The number of esters is 1. The number of thiazole rings is 1. The van der Waals surface area contributed by atoms with Crippen molar-refractivity contribution in [1.29, 1.82) is 0 Å². The number of ether oxygens (including phenoxy) is 1. The average molecular weight is 298 g/mol. The lowest BCUT2D eigenvalue weighted by atomic mass is 10.3. The van der Waals surface area contributed by atoms with Gasteiger partial charge in [-0.2, -0.15) is 0 Å². The summed E-state index contributed by atoms with van der Waals surface area (Å²) in [6.07, 6.45) is 0. The van der Waals surface area contributed by atoms with Crippen molar-refractivity contribution in [2.24, 2.45) is 0 Å². The van der Waals surface area contributed by atoms with E-state index in [1.54, 1.807) is 13.8 Å². The van der Waals surface area contributed by atoms with E-state index in [0.29, 0.717) is 4.88 Å². The summed E-state index contributed by atoms with van der Waals surface area (Å²) in [5.41, 5.74) is -0.146. The molecule has 0 aliphatic rings. The van der Waals surface area contributed by atoms with Crippen LogP contribution in [0.3, 0.4) is 0 Å². The van der Waals surface area contributed by atoms with Gasteiger partial charge in [-0.15, -0.1) is 11.3 Å². The summed E-state index contributed by atoms with van der Waals surface area (Å²) in [5, 5.41) is 2.78. The molecule has 2 aromatic rings. The average Bonchev–Trinajstić information content (AvgIpc) is 2.75. The van der Waals surface area contributed by atoms with E-state index in [4.69, 9.17) is 4.74 Å². The van der Waals surface area contributed by atoms with Gasteiger partial charge in [0.1, 0.15) is 17.3 Å². The molecule has 1 aromatic carbocycles. The van der Waals surface area contributed by atoms with E-state index in [1.165, 1.54) is 6.07 Å². The molecule has 0 unspecified atom stereocenters. The van der Waals surface area contributed by atoms with Crippen LogP contribution in [-0.2, 0) is 4.74 Å². The molecule has 0 aliphatic heterocycles. The minimum atomic E-state index is -0.726. The van der Waals surface area contributed by atoms with Crippen LogP contribution in [0.15, 0.2) is 18.2 Å². The highest BCUT2D eigenvalue weighted by Crippen LogP contribution is 2.28. The van der Waals surface area contributed by atoms with Gasteiger partial charge < -0.3 is 10.1 Å². The molecule has 1 aromatic heterocycles.